The minimum Gasteiger partial charge on any atom is -0.382 e. The van der Waals surface area contributed by atoms with E-state index in [-0.39, 0.29) is 5.84 Å². The van der Waals surface area contributed by atoms with Crippen LogP contribution in [0.3, 0.4) is 0 Å². The number of aromatic nitrogens is 2. The lowest BCUT2D eigenvalue weighted by molar-refractivity contribution is 0.325. The van der Waals surface area contributed by atoms with E-state index in [2.05, 4.69) is 28.7 Å². The van der Waals surface area contributed by atoms with Gasteiger partial charge in [0.05, 0.1) is 0 Å². The number of hydrogen-bond donors (Lipinski definition) is 2. The Kier molecular flexibility index (Phi) is 3.73. The molecule has 19 heavy (non-hydrogen) atoms. The number of nitrogens with two attached hydrogens (primary N) is 1. The van der Waals surface area contributed by atoms with E-state index in [0.29, 0.717) is 17.1 Å². The summed E-state index contributed by atoms with van der Waals surface area (Å²) in [5.41, 5.74) is 7.30. The Morgan fingerprint density at radius 1 is 1.32 bits per heavy atom. The van der Waals surface area contributed by atoms with Crippen molar-refractivity contribution in [3.63, 3.8) is 0 Å². The first-order valence-corrected chi connectivity index (χ1v) is 6.82. The van der Waals surface area contributed by atoms with E-state index in [1.54, 1.807) is 6.07 Å². The van der Waals surface area contributed by atoms with E-state index >= 15 is 0 Å². The van der Waals surface area contributed by atoms with Gasteiger partial charge in [-0.2, -0.15) is 0 Å². The van der Waals surface area contributed by atoms with E-state index in [1.165, 1.54) is 6.42 Å². The maximum absolute atomic E-state index is 7.52. The lowest BCUT2D eigenvalue weighted by atomic mass is 9.85. The summed E-state index contributed by atoms with van der Waals surface area (Å²) in [5, 5.41) is 7.52. The van der Waals surface area contributed by atoms with Gasteiger partial charge in [0.15, 0.2) is 0 Å². The summed E-state index contributed by atoms with van der Waals surface area (Å²) >= 11 is 0. The number of aryl methyl sites for hydroxylation is 1. The quantitative estimate of drug-likeness (QED) is 0.631. The summed E-state index contributed by atoms with van der Waals surface area (Å²) in [6.45, 7) is 8.49. The molecule has 1 aliphatic rings. The van der Waals surface area contributed by atoms with Crippen LogP contribution in [0.15, 0.2) is 6.07 Å². The molecule has 104 valence electrons. The number of nitrogens with zero attached hydrogens (tertiary/aromatic N) is 3. The highest BCUT2D eigenvalue weighted by molar-refractivity contribution is 5.93. The average Bonchev–Trinajstić information content (AvgIpc) is 2.49. The summed E-state index contributed by atoms with van der Waals surface area (Å²) in [4.78, 5) is 11.1. The number of nitrogens with one attached hydrogen (secondary N) is 1. The molecular weight excluding hydrogens is 238 g/mol. The predicted octanol–water partition coefficient (Wildman–Crippen LogP) is 2.09. The minimum absolute atomic E-state index is 0.00176. The molecule has 0 aliphatic carbocycles. The van der Waals surface area contributed by atoms with Crippen molar-refractivity contribution in [3.8, 4) is 0 Å². The van der Waals surface area contributed by atoms with E-state index in [0.717, 1.165) is 31.6 Å². The van der Waals surface area contributed by atoms with Crippen LogP contribution in [-0.2, 0) is 0 Å². The Balaban J connectivity index is 2.24. The van der Waals surface area contributed by atoms with Crippen LogP contribution in [0.25, 0.3) is 0 Å². The summed E-state index contributed by atoms with van der Waals surface area (Å²) in [5.74, 6) is 0.713. The maximum atomic E-state index is 7.52. The number of amidine groups is 1. The Labute approximate surface area is 114 Å². The first kappa shape index (κ1) is 13.8. The van der Waals surface area contributed by atoms with Crippen molar-refractivity contribution < 1.29 is 0 Å². The fraction of sp³-hybridized carbons (Fsp3) is 0.643. The fourth-order valence-electron chi connectivity index (χ4n) is 2.46. The summed E-state index contributed by atoms with van der Waals surface area (Å²) in [6, 6.07) is 1.76. The molecule has 0 unspecified atom stereocenters. The van der Waals surface area contributed by atoms with Crippen molar-refractivity contribution in [2.75, 3.05) is 18.0 Å². The van der Waals surface area contributed by atoms with Gasteiger partial charge in [0.2, 0.25) is 5.95 Å². The molecular formula is C14H23N5. The van der Waals surface area contributed by atoms with Gasteiger partial charge >= 0.3 is 0 Å². The number of anilines is 1. The highest BCUT2D eigenvalue weighted by Crippen LogP contribution is 2.30. The van der Waals surface area contributed by atoms with Crippen molar-refractivity contribution in [1.82, 2.24) is 9.97 Å². The third-order valence-electron chi connectivity index (χ3n) is 3.74. The molecule has 0 aromatic carbocycles. The number of hydrogen-bond acceptors (Lipinski definition) is 4. The lowest BCUT2D eigenvalue weighted by Gasteiger charge is -2.23. The number of nitrogen functional groups attached to an aromatic ring is 1. The Morgan fingerprint density at radius 2 is 2.05 bits per heavy atom. The lowest BCUT2D eigenvalue weighted by Crippen LogP contribution is -2.28. The molecule has 0 radical (unpaired) electrons. The summed E-state index contributed by atoms with van der Waals surface area (Å²) in [6.07, 6.45) is 3.52. The van der Waals surface area contributed by atoms with Crippen LogP contribution in [0.5, 0.6) is 0 Å². The fourth-order valence-corrected chi connectivity index (χ4v) is 2.46. The van der Waals surface area contributed by atoms with Gasteiger partial charge in [-0.15, -0.1) is 0 Å². The van der Waals surface area contributed by atoms with E-state index in [9.17, 15) is 0 Å². The molecule has 1 aromatic heterocycles. The van der Waals surface area contributed by atoms with E-state index in [1.807, 2.05) is 6.92 Å². The zero-order valence-corrected chi connectivity index (χ0v) is 12.0. The second kappa shape index (κ2) is 5.15. The van der Waals surface area contributed by atoms with Crippen molar-refractivity contribution in [3.05, 3.63) is 17.5 Å². The zero-order valence-electron chi connectivity index (χ0n) is 12.0. The molecule has 5 nitrogen and oxygen atoms in total. The summed E-state index contributed by atoms with van der Waals surface area (Å²) in [7, 11) is 0. The molecule has 1 fully saturated rings. The molecule has 0 saturated carbocycles. The van der Waals surface area contributed by atoms with E-state index < -0.39 is 0 Å². The third-order valence-corrected chi connectivity index (χ3v) is 3.74. The zero-order chi connectivity index (χ0) is 14.0. The SMILES string of the molecule is Cc1cc(C(=N)N)nc(N2CCCC(C)(C)CC2)n1. The molecule has 0 amide bonds. The van der Waals surface area contributed by atoms with Gasteiger partial charge in [0, 0.05) is 18.8 Å². The van der Waals surface area contributed by atoms with E-state index in [4.69, 9.17) is 11.1 Å². The van der Waals surface area contributed by atoms with Gasteiger partial charge in [-0.05, 0) is 37.7 Å². The molecule has 1 saturated heterocycles. The minimum atomic E-state index is 0.00176. The van der Waals surface area contributed by atoms with Crippen LogP contribution in [0.4, 0.5) is 5.95 Å². The van der Waals surface area contributed by atoms with Gasteiger partial charge in [-0.3, -0.25) is 5.41 Å². The summed E-state index contributed by atoms with van der Waals surface area (Å²) < 4.78 is 0. The molecule has 0 atom stereocenters. The highest BCUT2D eigenvalue weighted by Gasteiger charge is 2.24. The molecule has 5 heteroatoms. The van der Waals surface area contributed by atoms with Crippen LogP contribution >= 0.6 is 0 Å². The van der Waals surface area contributed by atoms with Crippen LogP contribution in [0.2, 0.25) is 0 Å². The van der Waals surface area contributed by atoms with Crippen molar-refractivity contribution in [2.45, 2.75) is 40.0 Å². The highest BCUT2D eigenvalue weighted by atomic mass is 15.3. The number of rotatable bonds is 2. The molecule has 0 spiro atoms. The smallest absolute Gasteiger partial charge is 0.226 e. The van der Waals surface area contributed by atoms with Crippen molar-refractivity contribution >= 4 is 11.8 Å². The van der Waals surface area contributed by atoms with Gasteiger partial charge in [-0.25, -0.2) is 9.97 Å². The first-order chi connectivity index (χ1) is 8.87. The normalized spacial score (nSPS) is 19.0. The van der Waals surface area contributed by atoms with Crippen LogP contribution < -0.4 is 10.6 Å². The van der Waals surface area contributed by atoms with Gasteiger partial charge in [0.25, 0.3) is 0 Å². The first-order valence-electron chi connectivity index (χ1n) is 6.82. The Morgan fingerprint density at radius 3 is 2.74 bits per heavy atom. The second-order valence-corrected chi connectivity index (χ2v) is 6.11. The van der Waals surface area contributed by atoms with Crippen LogP contribution in [0, 0.1) is 17.7 Å². The average molecular weight is 261 g/mol. The van der Waals surface area contributed by atoms with Crippen LogP contribution in [-0.4, -0.2) is 28.9 Å². The Bertz CT molecular complexity index is 481. The van der Waals surface area contributed by atoms with Gasteiger partial charge < -0.3 is 10.6 Å². The van der Waals surface area contributed by atoms with Crippen molar-refractivity contribution in [2.24, 2.45) is 11.1 Å². The molecule has 2 heterocycles. The third kappa shape index (κ3) is 3.43. The molecule has 2 rings (SSSR count). The molecule has 3 N–H and O–H groups in total. The van der Waals surface area contributed by atoms with Crippen molar-refractivity contribution in [1.29, 1.82) is 5.41 Å². The van der Waals surface area contributed by atoms with Crippen LogP contribution in [0.1, 0.15) is 44.5 Å². The van der Waals surface area contributed by atoms with Gasteiger partial charge in [0.1, 0.15) is 11.5 Å². The Hall–Kier alpha value is -1.65. The molecule has 0 bridgehead atoms. The predicted molar refractivity (Wildman–Crippen MR) is 77.6 cm³/mol. The van der Waals surface area contributed by atoms with Gasteiger partial charge in [-0.1, -0.05) is 13.8 Å². The molecule has 1 aliphatic heterocycles. The monoisotopic (exact) mass is 261 g/mol. The second-order valence-electron chi connectivity index (χ2n) is 6.11. The molecule has 1 aromatic rings. The standard InChI is InChI=1S/C14H23N5/c1-10-9-11(12(15)16)18-13(17-10)19-7-4-5-14(2,3)6-8-19/h9H,4-8H2,1-3H3,(H3,15,16). The maximum Gasteiger partial charge on any atom is 0.226 e. The topological polar surface area (TPSA) is 78.9 Å². The largest absolute Gasteiger partial charge is 0.382 e.